The lowest BCUT2D eigenvalue weighted by Crippen LogP contribution is -2.15. The van der Waals surface area contributed by atoms with Crippen LogP contribution in [0.5, 0.6) is 5.75 Å². The zero-order chi connectivity index (χ0) is 14.5. The highest BCUT2D eigenvalue weighted by Gasteiger charge is 2.12. The van der Waals surface area contributed by atoms with E-state index in [1.807, 2.05) is 18.3 Å². The van der Waals surface area contributed by atoms with E-state index in [1.165, 1.54) is 16.7 Å². The van der Waals surface area contributed by atoms with Crippen molar-refractivity contribution in [1.82, 2.24) is 4.98 Å². The quantitative estimate of drug-likeness (QED) is 0.907. The molecule has 0 aliphatic carbocycles. The van der Waals surface area contributed by atoms with Crippen molar-refractivity contribution in [3.05, 3.63) is 57.8 Å². The van der Waals surface area contributed by atoms with Crippen molar-refractivity contribution < 1.29 is 4.74 Å². The molecule has 0 bridgehead atoms. The molecule has 0 radical (unpaired) electrons. The highest BCUT2D eigenvalue weighted by molar-refractivity contribution is 9.10. The van der Waals surface area contributed by atoms with Gasteiger partial charge in [0.2, 0.25) is 0 Å². The Morgan fingerprint density at radius 1 is 1.35 bits per heavy atom. The van der Waals surface area contributed by atoms with Crippen molar-refractivity contribution in [3.8, 4) is 5.75 Å². The average molecular weight is 335 g/mol. The molecule has 1 aromatic carbocycles. The van der Waals surface area contributed by atoms with Crippen LogP contribution in [0.15, 0.2) is 41.1 Å². The van der Waals surface area contributed by atoms with Gasteiger partial charge < -0.3 is 10.5 Å². The first kappa shape index (κ1) is 15.0. The summed E-state index contributed by atoms with van der Waals surface area (Å²) in [7, 11) is 1.66. The van der Waals surface area contributed by atoms with E-state index in [1.54, 1.807) is 13.3 Å². The standard InChI is InChI=1S/C16H19BrN2O/c1-3-12-10-19-7-6-13(12)15(18)9-11-4-5-16(20-2)14(17)8-11/h4-8,10,15H,3,9,18H2,1-2H3. The molecule has 1 aromatic heterocycles. The fourth-order valence-electron chi connectivity index (χ4n) is 2.30. The first-order chi connectivity index (χ1) is 9.65. The lowest BCUT2D eigenvalue weighted by Gasteiger charge is -2.16. The Morgan fingerprint density at radius 3 is 2.80 bits per heavy atom. The van der Waals surface area contributed by atoms with Crippen LogP contribution in [0, 0.1) is 0 Å². The second-order valence-electron chi connectivity index (χ2n) is 4.71. The summed E-state index contributed by atoms with van der Waals surface area (Å²) in [5, 5.41) is 0. The van der Waals surface area contributed by atoms with Crippen molar-refractivity contribution in [2.75, 3.05) is 7.11 Å². The molecule has 1 heterocycles. The SMILES string of the molecule is CCc1cnccc1C(N)Cc1ccc(OC)c(Br)c1. The normalized spacial score (nSPS) is 12.2. The molecule has 106 valence electrons. The summed E-state index contributed by atoms with van der Waals surface area (Å²) in [6.45, 7) is 2.12. The summed E-state index contributed by atoms with van der Waals surface area (Å²) >= 11 is 3.51. The van der Waals surface area contributed by atoms with Gasteiger partial charge in [-0.05, 0) is 63.7 Å². The number of benzene rings is 1. The molecular weight excluding hydrogens is 316 g/mol. The minimum absolute atomic E-state index is 0.0201. The van der Waals surface area contributed by atoms with Gasteiger partial charge in [0.1, 0.15) is 5.75 Å². The van der Waals surface area contributed by atoms with E-state index in [9.17, 15) is 0 Å². The van der Waals surface area contributed by atoms with Crippen LogP contribution >= 0.6 is 15.9 Å². The van der Waals surface area contributed by atoms with Crippen molar-refractivity contribution in [2.45, 2.75) is 25.8 Å². The first-order valence-electron chi connectivity index (χ1n) is 6.66. The molecule has 2 N–H and O–H groups in total. The lowest BCUT2D eigenvalue weighted by atomic mass is 9.96. The van der Waals surface area contributed by atoms with Crippen LogP contribution in [0.25, 0.3) is 0 Å². The number of aryl methyl sites for hydroxylation is 1. The maximum absolute atomic E-state index is 6.35. The van der Waals surface area contributed by atoms with E-state index in [0.29, 0.717) is 0 Å². The number of hydrogen-bond donors (Lipinski definition) is 1. The number of nitrogens with two attached hydrogens (primary N) is 1. The Labute approximate surface area is 128 Å². The Hall–Kier alpha value is -1.39. The fourth-order valence-corrected chi connectivity index (χ4v) is 2.88. The lowest BCUT2D eigenvalue weighted by molar-refractivity contribution is 0.412. The summed E-state index contributed by atoms with van der Waals surface area (Å²) in [4.78, 5) is 4.16. The van der Waals surface area contributed by atoms with Gasteiger partial charge >= 0.3 is 0 Å². The molecular formula is C16H19BrN2O. The van der Waals surface area contributed by atoms with Gasteiger partial charge in [0.05, 0.1) is 11.6 Å². The molecule has 2 aromatic rings. The van der Waals surface area contributed by atoms with Crippen molar-refractivity contribution in [3.63, 3.8) is 0 Å². The monoisotopic (exact) mass is 334 g/mol. The minimum atomic E-state index is -0.0201. The van der Waals surface area contributed by atoms with E-state index >= 15 is 0 Å². The topological polar surface area (TPSA) is 48.1 Å². The first-order valence-corrected chi connectivity index (χ1v) is 7.45. The summed E-state index contributed by atoms with van der Waals surface area (Å²) in [6.07, 6.45) is 5.44. The third kappa shape index (κ3) is 3.38. The van der Waals surface area contributed by atoms with E-state index in [4.69, 9.17) is 10.5 Å². The summed E-state index contributed by atoms with van der Waals surface area (Å²) in [5.74, 6) is 0.834. The largest absolute Gasteiger partial charge is 0.496 e. The van der Waals surface area contributed by atoms with Gasteiger partial charge in [0, 0.05) is 18.4 Å². The molecule has 1 unspecified atom stereocenters. The van der Waals surface area contributed by atoms with Crippen LogP contribution in [-0.4, -0.2) is 12.1 Å². The third-order valence-corrected chi connectivity index (χ3v) is 4.01. The molecule has 20 heavy (non-hydrogen) atoms. The molecule has 0 saturated heterocycles. The van der Waals surface area contributed by atoms with Crippen LogP contribution < -0.4 is 10.5 Å². The fraction of sp³-hybridized carbons (Fsp3) is 0.312. The summed E-state index contributed by atoms with van der Waals surface area (Å²) in [5.41, 5.74) is 9.92. The highest BCUT2D eigenvalue weighted by atomic mass is 79.9. The van der Waals surface area contributed by atoms with Gasteiger partial charge in [-0.3, -0.25) is 4.98 Å². The molecule has 4 heteroatoms. The van der Waals surface area contributed by atoms with Gasteiger partial charge in [0.25, 0.3) is 0 Å². The van der Waals surface area contributed by atoms with Gasteiger partial charge in [0.15, 0.2) is 0 Å². The van der Waals surface area contributed by atoms with Crippen molar-refractivity contribution >= 4 is 15.9 Å². The van der Waals surface area contributed by atoms with Crippen LogP contribution in [0.3, 0.4) is 0 Å². The number of pyridine rings is 1. The molecule has 0 aliphatic heterocycles. The Bertz CT molecular complexity index is 586. The predicted molar refractivity (Wildman–Crippen MR) is 84.9 cm³/mol. The number of hydrogen-bond acceptors (Lipinski definition) is 3. The molecule has 2 rings (SSSR count). The smallest absolute Gasteiger partial charge is 0.133 e. The number of aromatic nitrogens is 1. The predicted octanol–water partition coefficient (Wildman–Crippen LogP) is 3.66. The molecule has 1 atom stereocenters. The van der Waals surface area contributed by atoms with E-state index in [0.717, 1.165) is 23.1 Å². The van der Waals surface area contributed by atoms with Crippen LogP contribution in [0.2, 0.25) is 0 Å². The molecule has 0 spiro atoms. The summed E-state index contributed by atoms with van der Waals surface area (Å²) in [6, 6.07) is 8.07. The van der Waals surface area contributed by atoms with Gasteiger partial charge in [-0.1, -0.05) is 13.0 Å². The Balaban J connectivity index is 2.19. The minimum Gasteiger partial charge on any atom is -0.496 e. The number of halogens is 1. The van der Waals surface area contributed by atoms with E-state index < -0.39 is 0 Å². The second kappa shape index (κ2) is 6.86. The summed E-state index contributed by atoms with van der Waals surface area (Å²) < 4.78 is 6.19. The Kier molecular flexibility index (Phi) is 5.15. The van der Waals surface area contributed by atoms with Crippen molar-refractivity contribution in [1.29, 1.82) is 0 Å². The number of methoxy groups -OCH3 is 1. The number of rotatable bonds is 5. The van der Waals surface area contributed by atoms with Crippen LogP contribution in [-0.2, 0) is 12.8 Å². The van der Waals surface area contributed by atoms with Crippen molar-refractivity contribution in [2.24, 2.45) is 5.73 Å². The van der Waals surface area contributed by atoms with E-state index in [-0.39, 0.29) is 6.04 Å². The maximum atomic E-state index is 6.35. The zero-order valence-electron chi connectivity index (χ0n) is 11.8. The second-order valence-corrected chi connectivity index (χ2v) is 5.56. The molecule has 0 saturated carbocycles. The maximum Gasteiger partial charge on any atom is 0.133 e. The van der Waals surface area contributed by atoms with Gasteiger partial charge in [-0.15, -0.1) is 0 Å². The molecule has 0 amide bonds. The van der Waals surface area contributed by atoms with E-state index in [2.05, 4.69) is 40.0 Å². The highest BCUT2D eigenvalue weighted by Crippen LogP contribution is 2.27. The zero-order valence-corrected chi connectivity index (χ0v) is 13.4. The number of ether oxygens (including phenoxy) is 1. The number of nitrogens with zero attached hydrogens (tertiary/aromatic N) is 1. The molecule has 3 nitrogen and oxygen atoms in total. The van der Waals surface area contributed by atoms with Gasteiger partial charge in [-0.25, -0.2) is 0 Å². The van der Waals surface area contributed by atoms with Crippen LogP contribution in [0.4, 0.5) is 0 Å². The average Bonchev–Trinajstić information content (AvgIpc) is 2.47. The van der Waals surface area contributed by atoms with Gasteiger partial charge in [-0.2, -0.15) is 0 Å². The van der Waals surface area contributed by atoms with Crippen LogP contribution in [0.1, 0.15) is 29.7 Å². The third-order valence-electron chi connectivity index (χ3n) is 3.39. The molecule has 0 fully saturated rings. The Morgan fingerprint density at radius 2 is 2.15 bits per heavy atom. The molecule has 0 aliphatic rings.